The van der Waals surface area contributed by atoms with E-state index in [0.29, 0.717) is 42.4 Å². The highest BCUT2D eigenvalue weighted by atomic mass is 16.5. The quantitative estimate of drug-likeness (QED) is 0.615. The van der Waals surface area contributed by atoms with E-state index in [2.05, 4.69) is 10.3 Å². The van der Waals surface area contributed by atoms with Crippen LogP contribution in [0.25, 0.3) is 10.9 Å². The first kappa shape index (κ1) is 22.6. The highest BCUT2D eigenvalue weighted by molar-refractivity contribution is 6.06. The van der Waals surface area contributed by atoms with Crippen LogP contribution in [0.2, 0.25) is 0 Å². The fourth-order valence-electron chi connectivity index (χ4n) is 3.75. The van der Waals surface area contributed by atoms with Gasteiger partial charge in [-0.2, -0.15) is 0 Å². The summed E-state index contributed by atoms with van der Waals surface area (Å²) < 4.78 is 7.21. The third-order valence-corrected chi connectivity index (χ3v) is 5.49. The molecule has 0 bridgehead atoms. The summed E-state index contributed by atoms with van der Waals surface area (Å²) in [5.74, 6) is -0.0348. The van der Waals surface area contributed by atoms with E-state index in [0.717, 1.165) is 5.39 Å². The van der Waals surface area contributed by atoms with E-state index in [1.54, 1.807) is 17.0 Å². The molecular weight excluding hydrogens is 422 g/mol. The number of carbonyl (C=O) groups is 2. The summed E-state index contributed by atoms with van der Waals surface area (Å²) in [6, 6.07) is 10.8. The van der Waals surface area contributed by atoms with Gasteiger partial charge in [-0.3, -0.25) is 14.2 Å². The van der Waals surface area contributed by atoms with Crippen LogP contribution < -0.4 is 11.0 Å². The zero-order chi connectivity index (χ0) is 23.4. The summed E-state index contributed by atoms with van der Waals surface area (Å²) in [7, 11) is 0. The predicted molar refractivity (Wildman–Crippen MR) is 123 cm³/mol. The van der Waals surface area contributed by atoms with Crippen molar-refractivity contribution in [3.63, 3.8) is 0 Å². The molecule has 1 aliphatic rings. The minimum Gasteiger partial charge on any atom is -0.368 e. The van der Waals surface area contributed by atoms with E-state index in [1.807, 2.05) is 38.1 Å². The number of morpholine rings is 1. The summed E-state index contributed by atoms with van der Waals surface area (Å²) in [6.45, 7) is 5.59. The molecule has 172 valence electrons. The summed E-state index contributed by atoms with van der Waals surface area (Å²) in [4.78, 5) is 47.7. The summed E-state index contributed by atoms with van der Waals surface area (Å²) in [5.41, 5.74) is 1.35. The van der Waals surface area contributed by atoms with E-state index in [9.17, 15) is 14.4 Å². The van der Waals surface area contributed by atoms with E-state index < -0.39 is 11.8 Å². The number of carbonyl (C=O) groups excluding carboxylic acids is 2. The lowest BCUT2D eigenvalue weighted by molar-refractivity contribution is -0.139. The highest BCUT2D eigenvalue weighted by Gasteiger charge is 2.28. The van der Waals surface area contributed by atoms with E-state index in [4.69, 9.17) is 9.72 Å². The lowest BCUT2D eigenvalue weighted by atomic mass is 10.0. The molecule has 1 atom stereocenters. The Hall–Kier alpha value is -3.59. The average Bonchev–Trinajstić information content (AvgIpc) is 2.83. The number of para-hydroxylation sites is 1. The number of hydrogen-bond donors (Lipinski definition) is 1. The second kappa shape index (κ2) is 9.91. The van der Waals surface area contributed by atoms with Crippen molar-refractivity contribution in [3.05, 3.63) is 70.5 Å². The molecule has 0 unspecified atom stereocenters. The molecule has 2 amide bonds. The number of nitrogens with one attached hydrogen (secondary N) is 1. The van der Waals surface area contributed by atoms with Crippen LogP contribution in [-0.2, 0) is 16.1 Å². The van der Waals surface area contributed by atoms with Gasteiger partial charge in [0.05, 0.1) is 29.9 Å². The summed E-state index contributed by atoms with van der Waals surface area (Å²) >= 11 is 0. The van der Waals surface area contributed by atoms with Crippen molar-refractivity contribution in [2.75, 3.05) is 26.2 Å². The normalized spacial score (nSPS) is 16.2. The molecule has 1 N–H and O–H groups in total. The molecule has 3 heterocycles. The van der Waals surface area contributed by atoms with Gasteiger partial charge in [-0.25, -0.2) is 14.8 Å². The topological polar surface area (TPSA) is 106 Å². The maximum Gasteiger partial charge on any atom is 0.347 e. The number of rotatable bonds is 6. The molecule has 1 fully saturated rings. The van der Waals surface area contributed by atoms with Crippen LogP contribution in [0.15, 0.2) is 53.6 Å². The first-order valence-electron chi connectivity index (χ1n) is 11.0. The van der Waals surface area contributed by atoms with Crippen molar-refractivity contribution in [2.24, 2.45) is 5.92 Å². The van der Waals surface area contributed by atoms with Gasteiger partial charge < -0.3 is 15.0 Å². The second-order valence-electron chi connectivity index (χ2n) is 8.45. The third-order valence-electron chi connectivity index (χ3n) is 5.49. The molecule has 33 heavy (non-hydrogen) atoms. The van der Waals surface area contributed by atoms with Gasteiger partial charge in [-0.1, -0.05) is 32.0 Å². The van der Waals surface area contributed by atoms with Crippen LogP contribution in [0.1, 0.15) is 36.0 Å². The average molecular weight is 450 g/mol. The standard InChI is InChI=1S/C24H27N5O4/c1-16(2)13-26-23(31)18-12-20(27-19-7-4-3-6-17(18)19)21-14-28(10-11-33-21)22(30)15-29-9-5-8-25-24(29)32/h3-9,12,16,21H,10-11,13-15H2,1-2H3,(H,26,31)/t21-/m0/s1. The lowest BCUT2D eigenvalue weighted by Crippen LogP contribution is -2.45. The third kappa shape index (κ3) is 5.25. The van der Waals surface area contributed by atoms with Crippen molar-refractivity contribution >= 4 is 22.7 Å². The Labute approximate surface area is 191 Å². The lowest BCUT2D eigenvalue weighted by Gasteiger charge is -2.33. The Morgan fingerprint density at radius 1 is 1.24 bits per heavy atom. The first-order chi connectivity index (χ1) is 15.9. The van der Waals surface area contributed by atoms with Crippen LogP contribution in [0.3, 0.4) is 0 Å². The van der Waals surface area contributed by atoms with Crippen LogP contribution in [-0.4, -0.2) is 57.5 Å². The molecule has 0 spiro atoms. The highest BCUT2D eigenvalue weighted by Crippen LogP contribution is 2.26. The SMILES string of the molecule is CC(C)CNC(=O)c1cc([C@@H]2CN(C(=O)Cn3cccnc3=O)CCO2)nc2ccccc12. The Bertz CT molecular complexity index is 1220. The number of benzene rings is 1. The number of ether oxygens (including phenoxy) is 1. The van der Waals surface area contributed by atoms with Gasteiger partial charge in [-0.15, -0.1) is 0 Å². The smallest absolute Gasteiger partial charge is 0.347 e. The minimum absolute atomic E-state index is 0.0899. The summed E-state index contributed by atoms with van der Waals surface area (Å²) in [5, 5.41) is 3.74. The molecule has 1 saturated heterocycles. The maximum absolute atomic E-state index is 12.9. The van der Waals surface area contributed by atoms with Gasteiger partial charge >= 0.3 is 5.69 Å². The molecular formula is C24H27N5O4. The van der Waals surface area contributed by atoms with Crippen molar-refractivity contribution < 1.29 is 14.3 Å². The monoisotopic (exact) mass is 449 g/mol. The van der Waals surface area contributed by atoms with Gasteiger partial charge in [0.15, 0.2) is 0 Å². The molecule has 9 heteroatoms. The molecule has 2 aromatic heterocycles. The van der Waals surface area contributed by atoms with Crippen LogP contribution in [0.5, 0.6) is 0 Å². The Morgan fingerprint density at radius 3 is 2.85 bits per heavy atom. The van der Waals surface area contributed by atoms with Gasteiger partial charge in [0.1, 0.15) is 12.6 Å². The van der Waals surface area contributed by atoms with E-state index in [1.165, 1.54) is 17.0 Å². The fraction of sp³-hybridized carbons (Fsp3) is 0.375. The Balaban J connectivity index is 1.57. The molecule has 4 rings (SSSR count). The first-order valence-corrected chi connectivity index (χ1v) is 11.0. The van der Waals surface area contributed by atoms with Crippen LogP contribution in [0, 0.1) is 5.92 Å². The molecule has 1 aliphatic heterocycles. The molecule has 9 nitrogen and oxygen atoms in total. The van der Waals surface area contributed by atoms with Crippen molar-refractivity contribution in [1.82, 2.24) is 24.8 Å². The van der Waals surface area contributed by atoms with Gasteiger partial charge in [0, 0.05) is 30.9 Å². The molecule has 0 radical (unpaired) electrons. The molecule has 0 saturated carbocycles. The van der Waals surface area contributed by atoms with E-state index in [-0.39, 0.29) is 24.9 Å². The number of aromatic nitrogens is 3. The van der Waals surface area contributed by atoms with Crippen LogP contribution >= 0.6 is 0 Å². The van der Waals surface area contributed by atoms with Gasteiger partial charge in [0.25, 0.3) is 5.91 Å². The number of nitrogens with zero attached hydrogens (tertiary/aromatic N) is 4. The van der Waals surface area contributed by atoms with Crippen molar-refractivity contribution in [2.45, 2.75) is 26.5 Å². The van der Waals surface area contributed by atoms with Gasteiger partial charge in [-0.05, 0) is 24.1 Å². The fourth-order valence-corrected chi connectivity index (χ4v) is 3.75. The molecule has 0 aliphatic carbocycles. The summed E-state index contributed by atoms with van der Waals surface area (Å²) in [6.07, 6.45) is 2.46. The Kier molecular flexibility index (Phi) is 6.79. The number of hydrogen-bond acceptors (Lipinski definition) is 6. The van der Waals surface area contributed by atoms with Crippen molar-refractivity contribution in [1.29, 1.82) is 0 Å². The second-order valence-corrected chi connectivity index (χ2v) is 8.45. The number of fused-ring (bicyclic) bond motifs is 1. The van der Waals surface area contributed by atoms with Gasteiger partial charge in [0.2, 0.25) is 5.91 Å². The van der Waals surface area contributed by atoms with E-state index >= 15 is 0 Å². The zero-order valence-electron chi connectivity index (χ0n) is 18.7. The number of pyridine rings is 1. The van der Waals surface area contributed by atoms with Crippen molar-refractivity contribution in [3.8, 4) is 0 Å². The van der Waals surface area contributed by atoms with Crippen LogP contribution in [0.4, 0.5) is 0 Å². The molecule has 1 aromatic carbocycles. The minimum atomic E-state index is -0.477. The maximum atomic E-state index is 12.9. The number of amides is 2. The largest absolute Gasteiger partial charge is 0.368 e. The predicted octanol–water partition coefficient (Wildman–Crippen LogP) is 1.78. The Morgan fingerprint density at radius 2 is 2.06 bits per heavy atom. The molecule has 3 aromatic rings. The zero-order valence-corrected chi connectivity index (χ0v) is 18.7.